The van der Waals surface area contributed by atoms with E-state index in [4.69, 9.17) is 11.6 Å². The molecule has 0 bridgehead atoms. The molecule has 0 atom stereocenters. The Labute approximate surface area is 184 Å². The zero-order chi connectivity index (χ0) is 22.2. The van der Waals surface area contributed by atoms with Gasteiger partial charge in [-0.15, -0.1) is 0 Å². The van der Waals surface area contributed by atoms with Crippen LogP contribution in [0.2, 0.25) is 5.02 Å². The van der Waals surface area contributed by atoms with Crippen LogP contribution in [-0.2, 0) is 10.0 Å². The van der Waals surface area contributed by atoms with Crippen molar-refractivity contribution in [2.75, 3.05) is 10.0 Å². The maximum Gasteiger partial charge on any atom is 0.261 e. The summed E-state index contributed by atoms with van der Waals surface area (Å²) in [6.45, 7) is 3.84. The molecule has 0 saturated carbocycles. The highest BCUT2D eigenvalue weighted by atomic mass is 35.5. The fraction of sp³-hybridized carbons (Fsp3) is 0.0909. The number of imidazole rings is 1. The molecule has 4 aromatic rings. The molecule has 0 saturated heterocycles. The lowest BCUT2D eigenvalue weighted by molar-refractivity contribution is 0.102. The number of carbonyl (C=O) groups excluding carboxylic acids is 1. The zero-order valence-electron chi connectivity index (χ0n) is 16.7. The van der Waals surface area contributed by atoms with Gasteiger partial charge in [0.15, 0.2) is 0 Å². The second-order valence-electron chi connectivity index (χ2n) is 7.10. The molecular formula is C22H19ClN4O3S. The average Bonchev–Trinajstić information content (AvgIpc) is 3.13. The quantitative estimate of drug-likeness (QED) is 0.399. The summed E-state index contributed by atoms with van der Waals surface area (Å²) in [7, 11) is -3.92. The first-order valence-electron chi connectivity index (χ1n) is 9.39. The first-order chi connectivity index (χ1) is 14.7. The molecule has 0 aliphatic carbocycles. The minimum atomic E-state index is -3.92. The van der Waals surface area contributed by atoms with E-state index in [1.54, 1.807) is 18.2 Å². The van der Waals surface area contributed by atoms with Crippen LogP contribution < -0.4 is 10.0 Å². The number of aromatic amines is 1. The lowest BCUT2D eigenvalue weighted by atomic mass is 10.1. The minimum absolute atomic E-state index is 0.0186. The van der Waals surface area contributed by atoms with Crippen LogP contribution in [0.3, 0.4) is 0 Å². The van der Waals surface area contributed by atoms with Crippen molar-refractivity contribution >= 4 is 50.2 Å². The number of aromatic nitrogens is 2. The van der Waals surface area contributed by atoms with Crippen LogP contribution in [0.1, 0.15) is 21.5 Å². The van der Waals surface area contributed by atoms with Gasteiger partial charge in [-0.25, -0.2) is 13.4 Å². The number of H-pyrrole nitrogens is 1. The minimum Gasteiger partial charge on any atom is -0.324 e. The SMILES string of the molecule is Cc1ccc(NS(=O)(=O)c2ccc(Cl)c(C(=O)Nc3nc4ccccc4[nH]3)c2)cc1C. The lowest BCUT2D eigenvalue weighted by Gasteiger charge is -2.11. The van der Waals surface area contributed by atoms with Gasteiger partial charge in [0.25, 0.3) is 15.9 Å². The summed E-state index contributed by atoms with van der Waals surface area (Å²) in [6, 6.07) is 16.6. The van der Waals surface area contributed by atoms with Gasteiger partial charge in [-0.05, 0) is 67.4 Å². The third-order valence-corrected chi connectivity index (χ3v) is 6.58. The molecule has 1 aromatic heterocycles. The fourth-order valence-corrected chi connectivity index (χ4v) is 4.33. The maximum absolute atomic E-state index is 12.9. The van der Waals surface area contributed by atoms with Gasteiger partial charge < -0.3 is 4.98 Å². The Kier molecular flexibility index (Phi) is 5.43. The molecule has 0 aliphatic heterocycles. The Hall–Kier alpha value is -3.36. The van der Waals surface area contributed by atoms with Gasteiger partial charge in [-0.1, -0.05) is 29.8 Å². The highest BCUT2D eigenvalue weighted by Crippen LogP contribution is 2.24. The summed E-state index contributed by atoms with van der Waals surface area (Å²) in [5, 5.41) is 2.75. The molecule has 1 amide bonds. The van der Waals surface area contributed by atoms with E-state index in [0.29, 0.717) is 11.2 Å². The molecule has 4 rings (SSSR count). The average molecular weight is 455 g/mol. The van der Waals surface area contributed by atoms with Crippen LogP contribution in [0.25, 0.3) is 11.0 Å². The van der Waals surface area contributed by atoms with Crippen LogP contribution in [0.4, 0.5) is 11.6 Å². The first kappa shape index (κ1) is 20.9. The van der Waals surface area contributed by atoms with E-state index in [1.807, 2.05) is 38.1 Å². The summed E-state index contributed by atoms with van der Waals surface area (Å²) in [4.78, 5) is 20.0. The Bertz CT molecular complexity index is 1380. The number of rotatable bonds is 5. The number of nitrogens with zero attached hydrogens (tertiary/aromatic N) is 1. The number of benzene rings is 3. The molecule has 3 aromatic carbocycles. The maximum atomic E-state index is 12.9. The molecule has 0 fully saturated rings. The van der Waals surface area contributed by atoms with Crippen molar-refractivity contribution in [3.8, 4) is 0 Å². The van der Waals surface area contributed by atoms with Crippen LogP contribution in [0, 0.1) is 13.8 Å². The van der Waals surface area contributed by atoms with E-state index in [1.165, 1.54) is 18.2 Å². The highest BCUT2D eigenvalue weighted by molar-refractivity contribution is 7.92. The van der Waals surface area contributed by atoms with Crippen LogP contribution in [-0.4, -0.2) is 24.3 Å². The number of amides is 1. The van der Waals surface area contributed by atoms with Crippen molar-refractivity contribution in [1.82, 2.24) is 9.97 Å². The van der Waals surface area contributed by atoms with Gasteiger partial charge in [-0.3, -0.25) is 14.8 Å². The molecule has 7 nitrogen and oxygen atoms in total. The summed E-state index contributed by atoms with van der Waals surface area (Å²) in [6.07, 6.45) is 0. The number of fused-ring (bicyclic) bond motifs is 1. The van der Waals surface area contributed by atoms with Gasteiger partial charge in [-0.2, -0.15) is 0 Å². The fourth-order valence-electron chi connectivity index (χ4n) is 3.05. The predicted molar refractivity (Wildman–Crippen MR) is 122 cm³/mol. The summed E-state index contributed by atoms with van der Waals surface area (Å²) >= 11 is 6.18. The largest absolute Gasteiger partial charge is 0.324 e. The standard InChI is InChI=1S/C22H19ClN4O3S/c1-13-7-8-15(11-14(13)2)27-31(29,30)16-9-10-18(23)17(12-16)21(28)26-22-24-19-5-3-4-6-20(19)25-22/h3-12,27H,1-2H3,(H2,24,25,26,28). The molecule has 158 valence electrons. The topological polar surface area (TPSA) is 104 Å². The molecule has 1 heterocycles. The Morgan fingerprint density at radius 3 is 2.52 bits per heavy atom. The number of hydrogen-bond donors (Lipinski definition) is 3. The van der Waals surface area contributed by atoms with Crippen molar-refractivity contribution < 1.29 is 13.2 Å². The van der Waals surface area contributed by atoms with E-state index >= 15 is 0 Å². The number of nitrogens with one attached hydrogen (secondary N) is 3. The van der Waals surface area contributed by atoms with E-state index in [0.717, 1.165) is 16.6 Å². The molecule has 9 heteroatoms. The van der Waals surface area contributed by atoms with Crippen molar-refractivity contribution in [3.63, 3.8) is 0 Å². The van der Waals surface area contributed by atoms with Gasteiger partial charge in [0, 0.05) is 5.69 Å². The van der Waals surface area contributed by atoms with Gasteiger partial charge in [0.05, 0.1) is 26.5 Å². The summed E-state index contributed by atoms with van der Waals surface area (Å²) in [5.41, 5.74) is 3.92. The summed E-state index contributed by atoms with van der Waals surface area (Å²) < 4.78 is 28.2. The number of carbonyl (C=O) groups is 1. The molecule has 31 heavy (non-hydrogen) atoms. The third-order valence-electron chi connectivity index (χ3n) is 4.87. The summed E-state index contributed by atoms with van der Waals surface area (Å²) in [5.74, 6) is -0.337. The number of aryl methyl sites for hydroxylation is 2. The zero-order valence-corrected chi connectivity index (χ0v) is 18.3. The van der Waals surface area contributed by atoms with Crippen LogP contribution in [0.5, 0.6) is 0 Å². The van der Waals surface area contributed by atoms with Gasteiger partial charge >= 0.3 is 0 Å². The molecule has 0 radical (unpaired) electrons. The number of para-hydroxylation sites is 2. The van der Waals surface area contributed by atoms with E-state index in [-0.39, 0.29) is 21.4 Å². The number of hydrogen-bond acceptors (Lipinski definition) is 4. The third kappa shape index (κ3) is 4.40. The number of anilines is 2. The van der Waals surface area contributed by atoms with Crippen molar-refractivity contribution in [2.24, 2.45) is 0 Å². The molecule has 0 unspecified atom stereocenters. The van der Waals surface area contributed by atoms with E-state index in [9.17, 15) is 13.2 Å². The number of sulfonamides is 1. The highest BCUT2D eigenvalue weighted by Gasteiger charge is 2.20. The Morgan fingerprint density at radius 1 is 1.00 bits per heavy atom. The van der Waals surface area contributed by atoms with Crippen molar-refractivity contribution in [1.29, 1.82) is 0 Å². The van der Waals surface area contributed by atoms with E-state index < -0.39 is 15.9 Å². The Balaban J connectivity index is 1.60. The van der Waals surface area contributed by atoms with Crippen molar-refractivity contribution in [2.45, 2.75) is 18.7 Å². The normalized spacial score (nSPS) is 11.5. The molecule has 0 spiro atoms. The second-order valence-corrected chi connectivity index (χ2v) is 9.19. The van der Waals surface area contributed by atoms with Crippen molar-refractivity contribution in [3.05, 3.63) is 82.4 Å². The predicted octanol–water partition coefficient (Wildman–Crippen LogP) is 4.89. The monoisotopic (exact) mass is 454 g/mol. The number of halogens is 1. The van der Waals surface area contributed by atoms with Gasteiger partial charge in [0.1, 0.15) is 0 Å². The lowest BCUT2D eigenvalue weighted by Crippen LogP contribution is -2.17. The van der Waals surface area contributed by atoms with Crippen LogP contribution in [0.15, 0.2) is 65.6 Å². The molecule has 3 N–H and O–H groups in total. The molecular weight excluding hydrogens is 436 g/mol. The van der Waals surface area contributed by atoms with Crippen LogP contribution >= 0.6 is 11.6 Å². The van der Waals surface area contributed by atoms with Gasteiger partial charge in [0.2, 0.25) is 5.95 Å². The molecule has 0 aliphatic rings. The smallest absolute Gasteiger partial charge is 0.261 e. The first-order valence-corrected chi connectivity index (χ1v) is 11.2. The van der Waals surface area contributed by atoms with E-state index in [2.05, 4.69) is 20.0 Å². The Morgan fingerprint density at radius 2 is 1.77 bits per heavy atom. The second kappa shape index (κ2) is 8.05.